The molecule has 19 heavy (non-hydrogen) atoms. The van der Waals surface area contributed by atoms with Crippen molar-refractivity contribution in [2.75, 3.05) is 5.32 Å². The molecule has 2 aromatic heterocycles. The summed E-state index contributed by atoms with van der Waals surface area (Å²) in [7, 11) is 0. The topological polar surface area (TPSA) is 101 Å². The van der Waals surface area contributed by atoms with Gasteiger partial charge in [0.15, 0.2) is 5.69 Å². The molecule has 0 aliphatic carbocycles. The number of aromatic nitrogens is 4. The van der Waals surface area contributed by atoms with Crippen LogP contribution < -0.4 is 5.32 Å². The summed E-state index contributed by atoms with van der Waals surface area (Å²) in [5.74, 6) is -0.129. The van der Waals surface area contributed by atoms with E-state index in [9.17, 15) is 4.79 Å². The Bertz CT molecular complexity index is 615. The smallest absolute Gasteiger partial charge is 0.354 e. The number of anilines is 1. The second kappa shape index (κ2) is 5.38. The Kier molecular flexibility index (Phi) is 3.65. The molecule has 0 amide bonds. The fourth-order valence-electron chi connectivity index (χ4n) is 1.53. The van der Waals surface area contributed by atoms with Gasteiger partial charge in [-0.25, -0.2) is 24.7 Å². The zero-order valence-corrected chi connectivity index (χ0v) is 10.6. The van der Waals surface area contributed by atoms with Gasteiger partial charge >= 0.3 is 5.97 Å². The van der Waals surface area contributed by atoms with Crippen LogP contribution in [-0.4, -0.2) is 31.0 Å². The van der Waals surface area contributed by atoms with E-state index in [2.05, 4.69) is 25.3 Å². The van der Waals surface area contributed by atoms with Gasteiger partial charge in [0.05, 0.1) is 12.2 Å². The number of carboxylic acids is 1. The molecule has 0 aliphatic rings. The summed E-state index contributed by atoms with van der Waals surface area (Å²) >= 11 is 0. The molecular formula is C12H13N5O2. The lowest BCUT2D eigenvalue weighted by Gasteiger charge is -2.06. The molecule has 0 bridgehead atoms. The van der Waals surface area contributed by atoms with Gasteiger partial charge < -0.3 is 10.4 Å². The predicted molar refractivity (Wildman–Crippen MR) is 67.8 cm³/mol. The average molecular weight is 259 g/mol. The molecule has 2 aromatic rings. The van der Waals surface area contributed by atoms with Gasteiger partial charge in [0.1, 0.15) is 5.82 Å². The highest BCUT2D eigenvalue weighted by atomic mass is 16.4. The van der Waals surface area contributed by atoms with Crippen LogP contribution in [0, 0.1) is 13.8 Å². The number of carboxylic acid groups (broad SMARTS) is 1. The summed E-state index contributed by atoms with van der Waals surface area (Å²) in [6.07, 6.45) is 1.67. The number of carbonyl (C=O) groups is 1. The Hall–Kier alpha value is -2.57. The van der Waals surface area contributed by atoms with Gasteiger partial charge in [0, 0.05) is 11.9 Å². The number of hydrogen-bond donors (Lipinski definition) is 2. The highest BCUT2D eigenvalue weighted by molar-refractivity contribution is 5.85. The molecule has 0 radical (unpaired) electrons. The number of aryl methyl sites for hydroxylation is 2. The summed E-state index contributed by atoms with van der Waals surface area (Å²) in [5.41, 5.74) is 1.34. The molecular weight excluding hydrogens is 246 g/mol. The summed E-state index contributed by atoms with van der Waals surface area (Å²) in [4.78, 5) is 27.1. The average Bonchev–Trinajstić information content (AvgIpc) is 2.36. The number of rotatable bonds is 4. The lowest BCUT2D eigenvalue weighted by atomic mass is 10.3. The van der Waals surface area contributed by atoms with Crippen molar-refractivity contribution >= 4 is 11.9 Å². The molecule has 0 fully saturated rings. The van der Waals surface area contributed by atoms with E-state index in [0.29, 0.717) is 18.1 Å². The summed E-state index contributed by atoms with van der Waals surface area (Å²) in [5, 5.41) is 11.9. The van der Waals surface area contributed by atoms with Crippen molar-refractivity contribution in [2.24, 2.45) is 0 Å². The Morgan fingerprint density at radius 2 is 2.11 bits per heavy atom. The van der Waals surface area contributed by atoms with Crippen LogP contribution in [-0.2, 0) is 6.54 Å². The van der Waals surface area contributed by atoms with Crippen LogP contribution in [0.3, 0.4) is 0 Å². The van der Waals surface area contributed by atoms with Crippen LogP contribution in [0.25, 0.3) is 0 Å². The van der Waals surface area contributed by atoms with Crippen molar-refractivity contribution in [3.63, 3.8) is 0 Å². The van der Waals surface area contributed by atoms with E-state index in [4.69, 9.17) is 5.11 Å². The van der Waals surface area contributed by atoms with Crippen molar-refractivity contribution in [1.29, 1.82) is 0 Å². The minimum Gasteiger partial charge on any atom is -0.477 e. The third-order valence-corrected chi connectivity index (χ3v) is 2.33. The fraction of sp³-hybridized carbons (Fsp3) is 0.250. The molecule has 0 atom stereocenters. The standard InChI is InChI=1S/C12H13N5O2/c1-7-5-10(11(18)19)17-12(15-7)14-6-9-3-4-13-8(2)16-9/h3-5H,6H2,1-2H3,(H,18,19)(H,14,15,17). The second-order valence-electron chi connectivity index (χ2n) is 3.97. The van der Waals surface area contributed by atoms with Gasteiger partial charge in [-0.3, -0.25) is 0 Å². The number of aromatic carboxylic acids is 1. The minimum absolute atomic E-state index is 0.0335. The summed E-state index contributed by atoms with van der Waals surface area (Å²) < 4.78 is 0. The first-order valence-electron chi connectivity index (χ1n) is 5.66. The van der Waals surface area contributed by atoms with Gasteiger partial charge in [0.25, 0.3) is 0 Å². The van der Waals surface area contributed by atoms with Crippen LogP contribution in [0.2, 0.25) is 0 Å². The maximum atomic E-state index is 10.9. The molecule has 98 valence electrons. The molecule has 7 nitrogen and oxygen atoms in total. The van der Waals surface area contributed by atoms with Crippen LogP contribution in [0.1, 0.15) is 27.7 Å². The van der Waals surface area contributed by atoms with Gasteiger partial charge in [-0.15, -0.1) is 0 Å². The Balaban J connectivity index is 2.13. The minimum atomic E-state index is -1.08. The maximum Gasteiger partial charge on any atom is 0.354 e. The SMILES string of the molecule is Cc1cc(C(=O)O)nc(NCc2ccnc(C)n2)n1. The van der Waals surface area contributed by atoms with E-state index >= 15 is 0 Å². The third-order valence-electron chi connectivity index (χ3n) is 2.33. The highest BCUT2D eigenvalue weighted by Crippen LogP contribution is 2.06. The number of nitrogens with zero attached hydrogens (tertiary/aromatic N) is 4. The Morgan fingerprint density at radius 1 is 1.32 bits per heavy atom. The first kappa shape index (κ1) is 12.9. The molecule has 0 spiro atoms. The lowest BCUT2D eigenvalue weighted by molar-refractivity contribution is 0.0690. The third kappa shape index (κ3) is 3.44. The quantitative estimate of drug-likeness (QED) is 0.850. The zero-order valence-electron chi connectivity index (χ0n) is 10.6. The molecule has 0 unspecified atom stereocenters. The molecule has 2 N–H and O–H groups in total. The van der Waals surface area contributed by atoms with Gasteiger partial charge in [-0.1, -0.05) is 0 Å². The van der Waals surface area contributed by atoms with Crippen LogP contribution >= 0.6 is 0 Å². The maximum absolute atomic E-state index is 10.9. The molecule has 7 heteroatoms. The van der Waals surface area contributed by atoms with E-state index in [1.807, 2.05) is 0 Å². The van der Waals surface area contributed by atoms with Crippen LogP contribution in [0.5, 0.6) is 0 Å². The predicted octanol–water partition coefficient (Wildman–Crippen LogP) is 1.19. The zero-order chi connectivity index (χ0) is 13.8. The van der Waals surface area contributed by atoms with Crippen molar-refractivity contribution in [3.8, 4) is 0 Å². The normalized spacial score (nSPS) is 10.2. The molecule has 2 rings (SSSR count). The van der Waals surface area contributed by atoms with Crippen molar-refractivity contribution < 1.29 is 9.90 Å². The molecule has 0 aliphatic heterocycles. The number of hydrogen-bond acceptors (Lipinski definition) is 6. The Labute approximate surface area is 109 Å². The second-order valence-corrected chi connectivity index (χ2v) is 3.97. The molecule has 0 aromatic carbocycles. The summed E-state index contributed by atoms with van der Waals surface area (Å²) in [6, 6.07) is 3.19. The van der Waals surface area contributed by atoms with E-state index in [1.165, 1.54) is 6.07 Å². The van der Waals surface area contributed by atoms with Crippen LogP contribution in [0.15, 0.2) is 18.3 Å². The molecule has 0 saturated carbocycles. The highest BCUT2D eigenvalue weighted by Gasteiger charge is 2.08. The van der Waals surface area contributed by atoms with Crippen molar-refractivity contribution in [2.45, 2.75) is 20.4 Å². The van der Waals surface area contributed by atoms with E-state index < -0.39 is 5.97 Å². The van der Waals surface area contributed by atoms with Gasteiger partial charge in [-0.2, -0.15) is 0 Å². The van der Waals surface area contributed by atoms with Crippen LogP contribution in [0.4, 0.5) is 5.95 Å². The van der Waals surface area contributed by atoms with E-state index in [0.717, 1.165) is 5.69 Å². The molecule has 0 saturated heterocycles. The largest absolute Gasteiger partial charge is 0.477 e. The number of nitrogens with one attached hydrogen (secondary N) is 1. The van der Waals surface area contributed by atoms with Crippen molar-refractivity contribution in [1.82, 2.24) is 19.9 Å². The Morgan fingerprint density at radius 3 is 2.79 bits per heavy atom. The van der Waals surface area contributed by atoms with Crippen molar-refractivity contribution in [3.05, 3.63) is 41.2 Å². The lowest BCUT2D eigenvalue weighted by Crippen LogP contribution is -2.10. The first-order chi connectivity index (χ1) is 9.04. The summed E-state index contributed by atoms with van der Waals surface area (Å²) in [6.45, 7) is 3.93. The monoisotopic (exact) mass is 259 g/mol. The van der Waals surface area contributed by atoms with E-state index in [1.54, 1.807) is 26.1 Å². The van der Waals surface area contributed by atoms with Gasteiger partial charge in [-0.05, 0) is 26.0 Å². The van der Waals surface area contributed by atoms with Gasteiger partial charge in [0.2, 0.25) is 5.95 Å². The van der Waals surface area contributed by atoms with E-state index in [-0.39, 0.29) is 11.6 Å². The fourth-order valence-corrected chi connectivity index (χ4v) is 1.53. The molecule has 2 heterocycles. The first-order valence-corrected chi connectivity index (χ1v) is 5.66.